The van der Waals surface area contributed by atoms with E-state index in [2.05, 4.69) is 10.1 Å². The molecule has 0 fully saturated rings. The van der Waals surface area contributed by atoms with Gasteiger partial charge in [0.2, 0.25) is 0 Å². The molecule has 0 unspecified atom stereocenters. The highest BCUT2D eigenvalue weighted by molar-refractivity contribution is 6.31. The van der Waals surface area contributed by atoms with Crippen LogP contribution in [0.1, 0.15) is 18.1 Å². The fourth-order valence-corrected chi connectivity index (χ4v) is 2.68. The molecule has 156 valence electrons. The fourth-order valence-electron chi connectivity index (χ4n) is 2.51. The Kier molecular flexibility index (Phi) is 6.12. The first kappa shape index (κ1) is 21.4. The van der Waals surface area contributed by atoms with Gasteiger partial charge in [0.05, 0.1) is 18.9 Å². The van der Waals surface area contributed by atoms with Crippen LogP contribution >= 0.6 is 11.6 Å². The van der Waals surface area contributed by atoms with Crippen molar-refractivity contribution in [1.29, 1.82) is 0 Å². The van der Waals surface area contributed by atoms with Crippen molar-refractivity contribution in [2.75, 3.05) is 7.11 Å². The quantitative estimate of drug-likeness (QED) is 0.553. The highest BCUT2D eigenvalue weighted by Crippen LogP contribution is 2.34. The second-order valence-corrected chi connectivity index (χ2v) is 6.33. The Bertz CT molecular complexity index is 1140. The summed E-state index contributed by atoms with van der Waals surface area (Å²) in [4.78, 5) is 16.2. The van der Waals surface area contributed by atoms with E-state index in [0.29, 0.717) is 17.7 Å². The lowest BCUT2D eigenvalue weighted by molar-refractivity contribution is -0.137. The van der Waals surface area contributed by atoms with Crippen LogP contribution in [0.4, 0.5) is 13.2 Å². The Labute approximate surface area is 174 Å². The number of halogens is 4. The summed E-state index contributed by atoms with van der Waals surface area (Å²) in [6, 6.07) is 6.99. The van der Waals surface area contributed by atoms with Gasteiger partial charge in [0.1, 0.15) is 0 Å². The highest BCUT2D eigenvalue weighted by atomic mass is 35.5. The number of nitrogens with zero attached hydrogens (tertiary/aromatic N) is 3. The zero-order valence-corrected chi connectivity index (χ0v) is 16.5. The highest BCUT2D eigenvalue weighted by Gasteiger charge is 2.30. The number of hydrogen-bond donors (Lipinski definition) is 0. The van der Waals surface area contributed by atoms with Gasteiger partial charge < -0.3 is 9.47 Å². The number of ether oxygens (including phenoxy) is 2. The molecule has 0 radical (unpaired) electrons. The van der Waals surface area contributed by atoms with Crippen molar-refractivity contribution in [2.45, 2.75) is 13.1 Å². The molecule has 0 saturated heterocycles. The zero-order valence-electron chi connectivity index (χ0n) is 15.8. The first-order chi connectivity index (χ1) is 14.2. The third-order valence-corrected chi connectivity index (χ3v) is 4.29. The number of alkyl halides is 3. The third kappa shape index (κ3) is 4.46. The van der Waals surface area contributed by atoms with Crippen molar-refractivity contribution in [2.24, 2.45) is 0 Å². The largest absolute Gasteiger partial charge is 0.493 e. The molecule has 3 rings (SSSR count). The summed E-state index contributed by atoms with van der Waals surface area (Å²) in [6.07, 6.45) is 0.978. The smallest absolute Gasteiger partial charge is 0.417 e. The van der Waals surface area contributed by atoms with Crippen LogP contribution in [-0.4, -0.2) is 21.9 Å². The van der Waals surface area contributed by atoms with E-state index in [1.54, 1.807) is 18.2 Å². The van der Waals surface area contributed by atoms with E-state index in [1.165, 1.54) is 13.3 Å². The number of allylic oxidation sites excluding steroid dienone is 1. The molecule has 10 heteroatoms. The summed E-state index contributed by atoms with van der Waals surface area (Å²) in [5, 5.41) is 3.59. The van der Waals surface area contributed by atoms with E-state index in [4.69, 9.17) is 21.1 Å². The molecule has 0 aliphatic carbocycles. The molecule has 0 N–H and O–H groups in total. The second-order valence-electron chi connectivity index (χ2n) is 5.95. The summed E-state index contributed by atoms with van der Waals surface area (Å²) in [7, 11) is 1.47. The Morgan fingerprint density at radius 1 is 1.10 bits per heavy atom. The minimum Gasteiger partial charge on any atom is -0.493 e. The summed E-state index contributed by atoms with van der Waals surface area (Å²) in [5.41, 5.74) is -0.862. The first-order valence-electron chi connectivity index (χ1n) is 8.54. The predicted octanol–water partition coefficient (Wildman–Crippen LogP) is 5.13. The molecule has 1 aromatic carbocycles. The van der Waals surface area contributed by atoms with Crippen LogP contribution in [0.25, 0.3) is 11.9 Å². The summed E-state index contributed by atoms with van der Waals surface area (Å²) < 4.78 is 49.8. The maximum atomic E-state index is 12.7. The number of hydrogen-bond acceptors (Lipinski definition) is 5. The maximum absolute atomic E-state index is 12.7. The molecule has 2 aromatic heterocycles. The van der Waals surface area contributed by atoms with Crippen molar-refractivity contribution < 1.29 is 22.6 Å². The molecule has 30 heavy (non-hydrogen) atoms. The van der Waals surface area contributed by atoms with Gasteiger partial charge in [-0.1, -0.05) is 29.8 Å². The van der Waals surface area contributed by atoms with Gasteiger partial charge in [-0.05, 0) is 36.8 Å². The minimum absolute atomic E-state index is 0.0399. The number of aromatic nitrogens is 3. The molecule has 2 heterocycles. The van der Waals surface area contributed by atoms with E-state index in [1.807, 2.05) is 19.1 Å². The van der Waals surface area contributed by atoms with Gasteiger partial charge in [0.25, 0.3) is 5.56 Å². The standard InChI is InChI=1S/C20H15ClF3N3O3/c1-3-4-12-5-7-14(15(9-12)29-2)30-16-11-26-27(19(28)18(16)21)17-8-6-13(10-25-17)20(22,23)24/h3-11H,1-2H3/b4-3-. The lowest BCUT2D eigenvalue weighted by Gasteiger charge is -2.13. The Morgan fingerprint density at radius 3 is 2.47 bits per heavy atom. The van der Waals surface area contributed by atoms with E-state index in [-0.39, 0.29) is 16.6 Å². The van der Waals surface area contributed by atoms with Gasteiger partial charge >= 0.3 is 6.18 Å². The lowest BCUT2D eigenvalue weighted by Crippen LogP contribution is -2.23. The molecule has 6 nitrogen and oxygen atoms in total. The molecule has 0 spiro atoms. The summed E-state index contributed by atoms with van der Waals surface area (Å²) in [5.74, 6) is 0.561. The Morgan fingerprint density at radius 2 is 1.87 bits per heavy atom. The average Bonchev–Trinajstić information content (AvgIpc) is 2.72. The van der Waals surface area contributed by atoms with Crippen LogP contribution in [0.3, 0.4) is 0 Å². The number of methoxy groups -OCH3 is 1. The topological polar surface area (TPSA) is 66.2 Å². The van der Waals surface area contributed by atoms with Crippen molar-refractivity contribution in [3.05, 3.63) is 75.3 Å². The number of rotatable bonds is 5. The molecule has 0 aliphatic rings. The maximum Gasteiger partial charge on any atom is 0.417 e. The predicted molar refractivity (Wildman–Crippen MR) is 105 cm³/mol. The normalized spacial score (nSPS) is 11.7. The Balaban J connectivity index is 1.93. The second kappa shape index (κ2) is 8.58. The van der Waals surface area contributed by atoms with Gasteiger partial charge in [-0.3, -0.25) is 4.79 Å². The Hall–Kier alpha value is -3.33. The van der Waals surface area contributed by atoms with Gasteiger partial charge in [-0.25, -0.2) is 4.98 Å². The zero-order chi connectivity index (χ0) is 21.9. The van der Waals surface area contributed by atoms with E-state index in [0.717, 1.165) is 22.4 Å². The van der Waals surface area contributed by atoms with Crippen molar-refractivity contribution in [3.8, 4) is 23.1 Å². The molecule has 0 aliphatic heterocycles. The van der Waals surface area contributed by atoms with Crippen LogP contribution in [0.15, 0.2) is 53.6 Å². The number of benzene rings is 1. The third-order valence-electron chi connectivity index (χ3n) is 3.95. The van der Waals surface area contributed by atoms with Crippen molar-refractivity contribution in [1.82, 2.24) is 14.8 Å². The van der Waals surface area contributed by atoms with E-state index in [9.17, 15) is 18.0 Å². The van der Waals surface area contributed by atoms with Crippen LogP contribution in [0.5, 0.6) is 17.2 Å². The number of pyridine rings is 1. The monoisotopic (exact) mass is 437 g/mol. The van der Waals surface area contributed by atoms with Gasteiger partial charge in [-0.15, -0.1) is 0 Å². The molecule has 0 amide bonds. The average molecular weight is 438 g/mol. The van der Waals surface area contributed by atoms with Crippen LogP contribution < -0.4 is 15.0 Å². The van der Waals surface area contributed by atoms with Crippen LogP contribution in [0, 0.1) is 0 Å². The van der Waals surface area contributed by atoms with Gasteiger partial charge in [-0.2, -0.15) is 23.0 Å². The van der Waals surface area contributed by atoms with E-state index >= 15 is 0 Å². The van der Waals surface area contributed by atoms with Gasteiger partial charge in [0, 0.05) is 6.20 Å². The molecule has 3 aromatic rings. The summed E-state index contributed by atoms with van der Waals surface area (Å²) >= 11 is 6.12. The summed E-state index contributed by atoms with van der Waals surface area (Å²) in [6.45, 7) is 1.88. The molecular formula is C20H15ClF3N3O3. The minimum atomic E-state index is -4.54. The fraction of sp³-hybridized carbons (Fsp3) is 0.150. The van der Waals surface area contributed by atoms with Crippen molar-refractivity contribution >= 4 is 17.7 Å². The molecule has 0 saturated carbocycles. The van der Waals surface area contributed by atoms with E-state index < -0.39 is 17.3 Å². The molecular weight excluding hydrogens is 423 g/mol. The van der Waals surface area contributed by atoms with Gasteiger partial charge in [0.15, 0.2) is 28.1 Å². The van der Waals surface area contributed by atoms with Crippen LogP contribution in [0.2, 0.25) is 5.02 Å². The lowest BCUT2D eigenvalue weighted by atomic mass is 10.2. The molecule has 0 bridgehead atoms. The first-order valence-corrected chi connectivity index (χ1v) is 8.92. The van der Waals surface area contributed by atoms with Crippen molar-refractivity contribution in [3.63, 3.8) is 0 Å². The molecule has 0 atom stereocenters. The van der Waals surface area contributed by atoms with Crippen LogP contribution in [-0.2, 0) is 6.18 Å². The SMILES string of the molecule is C/C=C\c1ccc(Oc2cnn(-c3ccc(C(F)(F)F)cn3)c(=O)c2Cl)c(OC)c1.